The first-order valence-corrected chi connectivity index (χ1v) is 13.3. The maximum Gasteiger partial charge on any atom is 0.349 e. The number of urea groups is 1. The topological polar surface area (TPSA) is 128 Å². The molecule has 1 aromatic heterocycles. The Morgan fingerprint density at radius 3 is 2.47 bits per heavy atom. The fraction of sp³-hybridized carbons (Fsp3) is 0.321. The van der Waals surface area contributed by atoms with Gasteiger partial charge in [0.15, 0.2) is 11.5 Å². The normalized spacial score (nSPS) is 13.7. The second-order valence-corrected chi connectivity index (χ2v) is 10.3. The molecule has 10 heteroatoms. The molecule has 0 unspecified atom stereocenters. The minimum Gasteiger partial charge on any atom is -0.480 e. The number of carboxylic acid groups (broad SMARTS) is 2. The molecular weight excluding hydrogens is 506 g/mol. The highest BCUT2D eigenvalue weighted by atomic mass is 32.1. The van der Waals surface area contributed by atoms with Crippen LogP contribution >= 0.6 is 11.3 Å². The zero-order valence-electron chi connectivity index (χ0n) is 21.1. The molecule has 0 radical (unpaired) electrons. The first kappa shape index (κ1) is 27.0. The number of aromatic carboxylic acids is 1. The minimum absolute atomic E-state index is 0.0170. The fourth-order valence-electron chi connectivity index (χ4n) is 4.48. The van der Waals surface area contributed by atoms with Crippen molar-refractivity contribution in [2.24, 2.45) is 5.92 Å². The van der Waals surface area contributed by atoms with Crippen LogP contribution < -0.4 is 15.4 Å². The van der Waals surface area contributed by atoms with E-state index in [9.17, 15) is 19.5 Å². The summed E-state index contributed by atoms with van der Waals surface area (Å²) in [6.45, 7) is 3.82. The minimum atomic E-state index is -1.17. The number of nitrogens with zero attached hydrogens (tertiary/aromatic N) is 1. The van der Waals surface area contributed by atoms with Gasteiger partial charge in [-0.3, -0.25) is 0 Å². The Labute approximate surface area is 225 Å². The molecule has 1 aliphatic rings. The van der Waals surface area contributed by atoms with Crippen molar-refractivity contribution in [3.63, 3.8) is 0 Å². The third-order valence-corrected chi connectivity index (χ3v) is 7.84. The Morgan fingerprint density at radius 1 is 1.05 bits per heavy atom. The molecule has 1 aliphatic heterocycles. The molecule has 4 rings (SSSR count). The van der Waals surface area contributed by atoms with Crippen molar-refractivity contribution in [1.29, 1.82) is 0 Å². The van der Waals surface area contributed by atoms with E-state index >= 15 is 0 Å². The van der Waals surface area contributed by atoms with E-state index in [1.807, 2.05) is 59.5 Å². The van der Waals surface area contributed by atoms with Crippen molar-refractivity contribution >= 4 is 35.0 Å². The molecule has 4 N–H and O–H groups in total. The smallest absolute Gasteiger partial charge is 0.349 e. The summed E-state index contributed by atoms with van der Waals surface area (Å²) in [5.74, 6) is -1.80. The lowest BCUT2D eigenvalue weighted by atomic mass is 9.97. The van der Waals surface area contributed by atoms with Crippen LogP contribution in [-0.2, 0) is 11.3 Å². The first-order chi connectivity index (χ1) is 18.3. The first-order valence-electron chi connectivity index (χ1n) is 12.4. The summed E-state index contributed by atoms with van der Waals surface area (Å²) in [5, 5.41) is 25.0. The number of amides is 2. The van der Waals surface area contributed by atoms with Gasteiger partial charge in [0.2, 0.25) is 0 Å². The molecule has 0 aliphatic carbocycles. The van der Waals surface area contributed by atoms with Gasteiger partial charge in [-0.25, -0.2) is 14.4 Å². The molecule has 9 nitrogen and oxygen atoms in total. The largest absolute Gasteiger partial charge is 0.480 e. The van der Waals surface area contributed by atoms with E-state index in [0.717, 1.165) is 52.4 Å². The van der Waals surface area contributed by atoms with Gasteiger partial charge in [-0.15, -0.1) is 11.3 Å². The summed E-state index contributed by atoms with van der Waals surface area (Å²) in [6.07, 6.45) is 1.81. The number of carboxylic acids is 2. The molecule has 3 aromatic rings. The van der Waals surface area contributed by atoms with E-state index in [0.29, 0.717) is 31.1 Å². The average Bonchev–Trinajstić information content (AvgIpc) is 3.26. The van der Waals surface area contributed by atoms with Crippen LogP contribution in [0.1, 0.15) is 33.6 Å². The third-order valence-electron chi connectivity index (χ3n) is 6.53. The monoisotopic (exact) mass is 537 g/mol. The number of carbonyl (C=O) groups is 3. The van der Waals surface area contributed by atoms with E-state index < -0.39 is 18.5 Å². The number of carbonyl (C=O) groups excluding carboxylic acids is 1. The fourth-order valence-corrected chi connectivity index (χ4v) is 5.57. The highest BCUT2D eigenvalue weighted by Crippen LogP contribution is 2.42. The van der Waals surface area contributed by atoms with Crippen molar-refractivity contribution < 1.29 is 29.3 Å². The lowest BCUT2D eigenvalue weighted by Crippen LogP contribution is -2.45. The van der Waals surface area contributed by atoms with Gasteiger partial charge in [-0.05, 0) is 48.9 Å². The number of piperidine rings is 1. The number of likely N-dealkylation sites (tertiary alicyclic amines) is 1. The second-order valence-electron chi connectivity index (χ2n) is 9.24. The molecule has 0 bridgehead atoms. The summed E-state index contributed by atoms with van der Waals surface area (Å²) in [6, 6.07) is 17.5. The van der Waals surface area contributed by atoms with Crippen LogP contribution in [0, 0.1) is 12.8 Å². The molecule has 0 atom stereocenters. The van der Waals surface area contributed by atoms with Gasteiger partial charge < -0.3 is 30.5 Å². The number of nitrogens with one attached hydrogen (secondary N) is 2. The average molecular weight is 538 g/mol. The predicted octanol–water partition coefficient (Wildman–Crippen LogP) is 4.92. The number of thiophene rings is 1. The van der Waals surface area contributed by atoms with Gasteiger partial charge in [-0.2, -0.15) is 0 Å². The van der Waals surface area contributed by atoms with Gasteiger partial charge in [-0.1, -0.05) is 42.5 Å². The van der Waals surface area contributed by atoms with Crippen LogP contribution in [0.15, 0.2) is 54.6 Å². The lowest BCUT2D eigenvalue weighted by molar-refractivity contribution is -0.139. The van der Waals surface area contributed by atoms with Crippen molar-refractivity contribution in [2.45, 2.75) is 26.3 Å². The molecular formula is C28H31N3O6S. The van der Waals surface area contributed by atoms with Gasteiger partial charge in [0.25, 0.3) is 0 Å². The summed E-state index contributed by atoms with van der Waals surface area (Å²) in [4.78, 5) is 37.7. The van der Waals surface area contributed by atoms with Crippen molar-refractivity contribution in [3.05, 3.63) is 70.6 Å². The van der Waals surface area contributed by atoms with Gasteiger partial charge in [0, 0.05) is 42.3 Å². The van der Waals surface area contributed by atoms with E-state index in [1.165, 1.54) is 0 Å². The Hall–Kier alpha value is -4.05. The van der Waals surface area contributed by atoms with Gasteiger partial charge in [0.05, 0.1) is 0 Å². The van der Waals surface area contributed by atoms with Gasteiger partial charge >= 0.3 is 18.0 Å². The third kappa shape index (κ3) is 6.83. The SMILES string of the molecule is Cc1c(-c2cccc(NCC3CCN(C(=O)NCc4ccccc4)CC3)c2)sc(C(=O)O)c1OCC(=O)O. The van der Waals surface area contributed by atoms with Crippen molar-refractivity contribution in [3.8, 4) is 16.2 Å². The number of ether oxygens (including phenoxy) is 1. The Kier molecular flexibility index (Phi) is 8.85. The number of anilines is 1. The van der Waals surface area contributed by atoms with Gasteiger partial charge in [0.1, 0.15) is 5.75 Å². The lowest BCUT2D eigenvalue weighted by Gasteiger charge is -2.32. The Balaban J connectivity index is 1.32. The van der Waals surface area contributed by atoms with E-state index in [1.54, 1.807) is 6.92 Å². The standard InChI is InChI=1S/C28H31N3O6S/c1-18-24(37-17-23(32)33)26(27(34)35)38-25(18)21-8-5-9-22(14-21)29-15-20-10-12-31(13-11-20)28(36)30-16-19-6-3-2-4-7-19/h2-9,14,20,29H,10-13,15-17H2,1H3,(H,30,36)(H,32,33)(H,34,35). The van der Waals surface area contributed by atoms with E-state index in [4.69, 9.17) is 9.84 Å². The zero-order valence-corrected chi connectivity index (χ0v) is 21.9. The van der Waals surface area contributed by atoms with Crippen molar-refractivity contribution in [2.75, 3.05) is 31.6 Å². The predicted molar refractivity (Wildman–Crippen MR) is 146 cm³/mol. The maximum atomic E-state index is 12.5. The summed E-state index contributed by atoms with van der Waals surface area (Å²) in [5.41, 5.74) is 3.41. The molecule has 1 saturated heterocycles. The summed E-state index contributed by atoms with van der Waals surface area (Å²) < 4.78 is 5.30. The highest BCUT2D eigenvalue weighted by molar-refractivity contribution is 7.18. The molecule has 2 aromatic carbocycles. The molecule has 1 fully saturated rings. The van der Waals surface area contributed by atoms with Crippen LogP contribution in [0.2, 0.25) is 0 Å². The number of aliphatic carboxylic acids is 1. The van der Waals surface area contributed by atoms with Crippen LogP contribution in [0.5, 0.6) is 5.75 Å². The number of hydrogen-bond donors (Lipinski definition) is 4. The Bertz CT molecular complexity index is 1280. The van der Waals surface area contributed by atoms with Crippen LogP contribution in [0.25, 0.3) is 10.4 Å². The number of rotatable bonds is 10. The number of benzene rings is 2. The Morgan fingerprint density at radius 2 is 1.79 bits per heavy atom. The highest BCUT2D eigenvalue weighted by Gasteiger charge is 2.24. The van der Waals surface area contributed by atoms with Crippen LogP contribution in [0.4, 0.5) is 10.5 Å². The maximum absolute atomic E-state index is 12.5. The summed E-state index contributed by atoms with van der Waals surface area (Å²) in [7, 11) is 0. The second kappa shape index (κ2) is 12.5. The molecule has 2 amide bonds. The zero-order chi connectivity index (χ0) is 27.1. The molecule has 0 saturated carbocycles. The van der Waals surface area contributed by atoms with Crippen molar-refractivity contribution in [1.82, 2.24) is 10.2 Å². The molecule has 2 heterocycles. The molecule has 38 heavy (non-hydrogen) atoms. The number of hydrogen-bond acceptors (Lipinski definition) is 6. The van der Waals surface area contributed by atoms with E-state index in [2.05, 4.69) is 10.6 Å². The van der Waals surface area contributed by atoms with Crippen LogP contribution in [-0.4, -0.2) is 59.3 Å². The van der Waals surface area contributed by atoms with E-state index in [-0.39, 0.29) is 16.7 Å². The summed E-state index contributed by atoms with van der Waals surface area (Å²) >= 11 is 1.07. The molecule has 200 valence electrons. The quantitative estimate of drug-likeness (QED) is 0.289. The molecule has 0 spiro atoms. The van der Waals surface area contributed by atoms with Crippen LogP contribution in [0.3, 0.4) is 0 Å².